The SMILES string of the molecule is C=C(C)C(=O)OCCNC(=O)Oc1cc(-c2ccc(CC)c(O)c2)ccc1CC. The van der Waals surface area contributed by atoms with Crippen LogP contribution >= 0.6 is 0 Å². The summed E-state index contributed by atoms with van der Waals surface area (Å²) in [5.41, 5.74) is 3.72. The monoisotopic (exact) mass is 397 g/mol. The number of aromatic hydroxyl groups is 1. The minimum absolute atomic E-state index is 0.0323. The van der Waals surface area contributed by atoms with Crippen LogP contribution in [0.15, 0.2) is 48.6 Å². The van der Waals surface area contributed by atoms with Crippen molar-refractivity contribution in [2.45, 2.75) is 33.6 Å². The lowest BCUT2D eigenvalue weighted by atomic mass is 10.00. The van der Waals surface area contributed by atoms with E-state index in [1.165, 1.54) is 0 Å². The third-order valence-corrected chi connectivity index (χ3v) is 4.40. The largest absolute Gasteiger partial charge is 0.508 e. The summed E-state index contributed by atoms with van der Waals surface area (Å²) in [6.45, 7) is 9.16. The van der Waals surface area contributed by atoms with Crippen LogP contribution in [0.5, 0.6) is 11.5 Å². The second kappa shape index (κ2) is 10.3. The van der Waals surface area contributed by atoms with E-state index in [1.54, 1.807) is 19.1 Å². The van der Waals surface area contributed by atoms with Crippen molar-refractivity contribution in [1.29, 1.82) is 0 Å². The number of aryl methyl sites for hydroxylation is 2. The fourth-order valence-electron chi connectivity index (χ4n) is 2.72. The quantitative estimate of drug-likeness (QED) is 0.392. The van der Waals surface area contributed by atoms with Crippen molar-refractivity contribution in [3.63, 3.8) is 0 Å². The van der Waals surface area contributed by atoms with Crippen molar-refractivity contribution >= 4 is 12.1 Å². The van der Waals surface area contributed by atoms with Crippen LogP contribution < -0.4 is 10.1 Å². The van der Waals surface area contributed by atoms with Gasteiger partial charge in [0.25, 0.3) is 0 Å². The molecule has 2 N–H and O–H groups in total. The molecule has 0 aliphatic carbocycles. The summed E-state index contributed by atoms with van der Waals surface area (Å²) in [5.74, 6) is 0.188. The molecule has 2 aromatic carbocycles. The molecule has 0 saturated carbocycles. The van der Waals surface area contributed by atoms with Crippen LogP contribution in [0.1, 0.15) is 31.9 Å². The number of hydrogen-bond acceptors (Lipinski definition) is 5. The van der Waals surface area contributed by atoms with Crippen molar-refractivity contribution in [3.8, 4) is 22.6 Å². The molecule has 0 aromatic heterocycles. The zero-order valence-electron chi connectivity index (χ0n) is 17.1. The minimum Gasteiger partial charge on any atom is -0.508 e. The Morgan fingerprint density at radius 3 is 2.24 bits per heavy atom. The first-order valence-electron chi connectivity index (χ1n) is 9.59. The van der Waals surface area contributed by atoms with Gasteiger partial charge in [-0.05, 0) is 54.2 Å². The first-order chi connectivity index (χ1) is 13.8. The van der Waals surface area contributed by atoms with E-state index in [1.807, 2.05) is 38.1 Å². The molecule has 0 fully saturated rings. The Kier molecular flexibility index (Phi) is 7.83. The maximum atomic E-state index is 12.1. The summed E-state index contributed by atoms with van der Waals surface area (Å²) in [7, 11) is 0. The number of amides is 1. The summed E-state index contributed by atoms with van der Waals surface area (Å²) in [6.07, 6.45) is 0.809. The van der Waals surface area contributed by atoms with Crippen LogP contribution in [-0.2, 0) is 22.4 Å². The molecule has 6 nitrogen and oxygen atoms in total. The van der Waals surface area contributed by atoms with E-state index in [0.29, 0.717) is 17.7 Å². The van der Waals surface area contributed by atoms with E-state index in [4.69, 9.17) is 9.47 Å². The van der Waals surface area contributed by atoms with E-state index >= 15 is 0 Å². The van der Waals surface area contributed by atoms with Crippen molar-refractivity contribution in [1.82, 2.24) is 5.32 Å². The molecule has 2 aromatic rings. The van der Waals surface area contributed by atoms with Crippen LogP contribution in [0, 0.1) is 0 Å². The lowest BCUT2D eigenvalue weighted by Gasteiger charge is -2.13. The number of carbonyl (C=O) groups excluding carboxylic acids is 2. The molecule has 0 bridgehead atoms. The van der Waals surface area contributed by atoms with Crippen molar-refractivity contribution in [2.75, 3.05) is 13.2 Å². The number of hydrogen-bond donors (Lipinski definition) is 2. The number of phenols is 1. The smallest absolute Gasteiger partial charge is 0.412 e. The zero-order chi connectivity index (χ0) is 21.4. The fraction of sp³-hybridized carbons (Fsp3) is 0.304. The predicted molar refractivity (Wildman–Crippen MR) is 112 cm³/mol. The Morgan fingerprint density at radius 1 is 1.03 bits per heavy atom. The third kappa shape index (κ3) is 6.10. The molecule has 154 valence electrons. The van der Waals surface area contributed by atoms with Gasteiger partial charge < -0.3 is 19.9 Å². The van der Waals surface area contributed by atoms with Crippen molar-refractivity contribution < 1.29 is 24.2 Å². The van der Waals surface area contributed by atoms with Crippen LogP contribution in [0.4, 0.5) is 4.79 Å². The van der Waals surface area contributed by atoms with Crippen LogP contribution in [0.25, 0.3) is 11.1 Å². The standard InChI is InChI=1S/C23H27NO5/c1-5-16-7-9-18(13-20(16)25)19-10-8-17(6-2)21(14-19)29-23(27)24-11-12-28-22(26)15(3)4/h7-10,13-14,25H,3,5-6,11-12H2,1-2,4H3,(H,24,27). The van der Waals surface area contributed by atoms with Gasteiger partial charge in [-0.2, -0.15) is 0 Å². The maximum absolute atomic E-state index is 12.1. The van der Waals surface area contributed by atoms with E-state index in [9.17, 15) is 14.7 Å². The fourth-order valence-corrected chi connectivity index (χ4v) is 2.72. The van der Waals surface area contributed by atoms with Crippen LogP contribution in [0.3, 0.4) is 0 Å². The average Bonchev–Trinajstić information content (AvgIpc) is 2.70. The van der Waals surface area contributed by atoms with E-state index in [0.717, 1.165) is 28.7 Å². The topological polar surface area (TPSA) is 84.9 Å². The summed E-state index contributed by atoms with van der Waals surface area (Å²) >= 11 is 0. The first-order valence-corrected chi connectivity index (χ1v) is 9.59. The molecule has 1 amide bonds. The van der Waals surface area contributed by atoms with Gasteiger partial charge in [-0.15, -0.1) is 0 Å². The summed E-state index contributed by atoms with van der Waals surface area (Å²) < 4.78 is 10.4. The molecule has 0 aliphatic heterocycles. The number of esters is 1. The van der Waals surface area contributed by atoms with Crippen LogP contribution in [-0.4, -0.2) is 30.3 Å². The number of benzene rings is 2. The average molecular weight is 397 g/mol. The summed E-state index contributed by atoms with van der Waals surface area (Å²) in [4.78, 5) is 23.4. The Bertz CT molecular complexity index is 904. The number of phenolic OH excluding ortho intramolecular Hbond substituents is 1. The Morgan fingerprint density at radius 2 is 1.66 bits per heavy atom. The van der Waals surface area contributed by atoms with Gasteiger partial charge in [-0.3, -0.25) is 0 Å². The Balaban J connectivity index is 2.07. The van der Waals surface area contributed by atoms with Gasteiger partial charge in [0.15, 0.2) is 0 Å². The van der Waals surface area contributed by atoms with Crippen molar-refractivity contribution in [3.05, 3.63) is 59.7 Å². The minimum atomic E-state index is -0.632. The third-order valence-electron chi connectivity index (χ3n) is 4.40. The molecule has 0 unspecified atom stereocenters. The molecule has 0 saturated heterocycles. The van der Waals surface area contributed by atoms with Gasteiger partial charge in [0, 0.05) is 5.57 Å². The second-order valence-electron chi connectivity index (χ2n) is 6.61. The molecule has 0 radical (unpaired) electrons. The highest BCUT2D eigenvalue weighted by Gasteiger charge is 2.12. The maximum Gasteiger partial charge on any atom is 0.412 e. The summed E-state index contributed by atoms with van der Waals surface area (Å²) in [5, 5.41) is 12.7. The molecule has 0 heterocycles. The van der Waals surface area contributed by atoms with Gasteiger partial charge in [0.2, 0.25) is 0 Å². The lowest BCUT2D eigenvalue weighted by molar-refractivity contribution is -0.138. The second-order valence-corrected chi connectivity index (χ2v) is 6.61. The van der Waals surface area contributed by atoms with E-state index in [-0.39, 0.29) is 18.9 Å². The Hall–Kier alpha value is -3.28. The number of ether oxygens (including phenoxy) is 2. The molecule has 0 atom stereocenters. The molecule has 29 heavy (non-hydrogen) atoms. The van der Waals surface area contributed by atoms with Gasteiger partial charge in [0.1, 0.15) is 18.1 Å². The van der Waals surface area contributed by atoms with Crippen LogP contribution in [0.2, 0.25) is 0 Å². The van der Waals surface area contributed by atoms with Gasteiger partial charge >= 0.3 is 12.1 Å². The number of carbonyl (C=O) groups is 2. The zero-order valence-corrected chi connectivity index (χ0v) is 17.1. The Labute approximate surface area is 171 Å². The van der Waals surface area contributed by atoms with Gasteiger partial charge in [-0.25, -0.2) is 9.59 Å². The molecule has 6 heteroatoms. The molecular weight excluding hydrogens is 370 g/mol. The molecule has 0 spiro atoms. The molecule has 0 aliphatic rings. The van der Waals surface area contributed by atoms with E-state index in [2.05, 4.69) is 11.9 Å². The van der Waals surface area contributed by atoms with Gasteiger partial charge in [0.05, 0.1) is 6.54 Å². The summed E-state index contributed by atoms with van der Waals surface area (Å²) in [6, 6.07) is 11.1. The lowest BCUT2D eigenvalue weighted by Crippen LogP contribution is -2.30. The van der Waals surface area contributed by atoms with E-state index < -0.39 is 12.1 Å². The highest BCUT2D eigenvalue weighted by atomic mass is 16.6. The molecule has 2 rings (SSSR count). The number of nitrogens with one attached hydrogen (secondary N) is 1. The molecular formula is C23H27NO5. The normalized spacial score (nSPS) is 10.3. The van der Waals surface area contributed by atoms with Gasteiger partial charge in [-0.1, -0.05) is 44.7 Å². The van der Waals surface area contributed by atoms with Crippen molar-refractivity contribution in [2.24, 2.45) is 0 Å². The highest BCUT2D eigenvalue weighted by molar-refractivity contribution is 5.86. The predicted octanol–water partition coefficient (Wildman–Crippen LogP) is 4.39. The first kappa shape index (κ1) is 22.0. The highest BCUT2D eigenvalue weighted by Crippen LogP contribution is 2.31. The number of rotatable bonds is 8.